The summed E-state index contributed by atoms with van der Waals surface area (Å²) < 4.78 is 13.7. The molecule has 0 aromatic carbocycles. The van der Waals surface area contributed by atoms with Crippen molar-refractivity contribution in [3.05, 3.63) is 58.1 Å². The Morgan fingerprint density at radius 3 is 2.63 bits per heavy atom. The lowest BCUT2D eigenvalue weighted by Crippen LogP contribution is -2.00. The molecule has 3 heterocycles. The van der Waals surface area contributed by atoms with Crippen molar-refractivity contribution in [3.63, 3.8) is 0 Å². The molecule has 0 aliphatic rings. The fourth-order valence-electron chi connectivity index (χ4n) is 3.04. The number of nitriles is 1. The number of thioether (sulfide) groups is 1. The maximum Gasteiger partial charge on any atom is 0.146 e. The van der Waals surface area contributed by atoms with Gasteiger partial charge in [-0.25, -0.2) is 4.98 Å². The lowest BCUT2D eigenvalue weighted by atomic mass is 10.1. The molecule has 0 amide bonds. The number of aromatic nitrogens is 3. The van der Waals surface area contributed by atoms with E-state index in [9.17, 15) is 9.47 Å². The third-order valence-corrected chi connectivity index (χ3v) is 6.71. The van der Waals surface area contributed by atoms with Crippen LogP contribution in [0.2, 0.25) is 0 Å². The predicted molar refractivity (Wildman–Crippen MR) is 126 cm³/mol. The molecular weight excluding hydrogens is 412 g/mol. The van der Waals surface area contributed by atoms with Gasteiger partial charge in [0.25, 0.3) is 0 Å². The molecule has 1 atom stereocenters. The van der Waals surface area contributed by atoms with Crippen molar-refractivity contribution in [1.29, 1.82) is 5.26 Å². The topological polar surface area (TPSA) is 71.6 Å². The zero-order valence-electron chi connectivity index (χ0n) is 17.8. The summed E-state index contributed by atoms with van der Waals surface area (Å²) in [6.07, 6.45) is 6.04. The molecule has 0 fully saturated rings. The van der Waals surface area contributed by atoms with Crippen molar-refractivity contribution in [2.75, 3.05) is 6.26 Å². The van der Waals surface area contributed by atoms with Crippen molar-refractivity contribution in [2.24, 2.45) is 0 Å². The zero-order valence-corrected chi connectivity index (χ0v) is 19.4. The Bertz CT molecular complexity index is 1210. The normalized spacial score (nSPS) is 13.5. The summed E-state index contributed by atoms with van der Waals surface area (Å²) in [4.78, 5) is 9.80. The van der Waals surface area contributed by atoms with Crippen molar-refractivity contribution in [2.45, 2.75) is 39.0 Å². The summed E-state index contributed by atoms with van der Waals surface area (Å²) in [5.41, 5.74) is 5.85. The Hall–Kier alpha value is -2.69. The number of pyridine rings is 2. The Kier molecular flexibility index (Phi) is 6.91. The van der Waals surface area contributed by atoms with Gasteiger partial charge in [0.1, 0.15) is 11.7 Å². The number of allylic oxidation sites excluding steroid dienone is 2. The first-order valence-electron chi connectivity index (χ1n) is 9.56. The van der Waals surface area contributed by atoms with E-state index in [-0.39, 0.29) is 0 Å². The predicted octanol–water partition coefficient (Wildman–Crippen LogP) is 5.88. The van der Waals surface area contributed by atoms with Gasteiger partial charge in [-0.3, -0.25) is 13.8 Å². The number of fused-ring (bicyclic) bond motifs is 1. The summed E-state index contributed by atoms with van der Waals surface area (Å²) in [5.74, 6) is 0. The molecule has 30 heavy (non-hydrogen) atoms. The van der Waals surface area contributed by atoms with E-state index >= 15 is 0 Å². The molecule has 3 aromatic rings. The van der Waals surface area contributed by atoms with Gasteiger partial charge in [0.05, 0.1) is 32.6 Å². The van der Waals surface area contributed by atoms with Gasteiger partial charge in [0.15, 0.2) is 0 Å². The Morgan fingerprint density at radius 1 is 1.27 bits per heavy atom. The molecule has 0 aliphatic heterocycles. The summed E-state index contributed by atoms with van der Waals surface area (Å²) >= 11 is 1.61. The van der Waals surface area contributed by atoms with E-state index in [2.05, 4.69) is 40.7 Å². The Balaban J connectivity index is 2.26. The Labute approximate surface area is 184 Å². The zero-order chi connectivity index (χ0) is 21.8. The van der Waals surface area contributed by atoms with E-state index in [0.29, 0.717) is 21.8 Å². The van der Waals surface area contributed by atoms with Gasteiger partial charge >= 0.3 is 0 Å². The van der Waals surface area contributed by atoms with Crippen molar-refractivity contribution >= 4 is 39.3 Å². The van der Waals surface area contributed by atoms with E-state index in [4.69, 9.17) is 0 Å². The number of rotatable bonds is 6. The average Bonchev–Trinajstić information content (AvgIpc) is 3.06. The summed E-state index contributed by atoms with van der Waals surface area (Å²) in [7, 11) is -1.11. The van der Waals surface area contributed by atoms with Crippen molar-refractivity contribution < 1.29 is 4.21 Å². The lowest BCUT2D eigenvalue weighted by molar-refractivity contribution is 0.686. The Morgan fingerprint density at radius 2 is 2.03 bits per heavy atom. The van der Waals surface area contributed by atoms with Crippen LogP contribution >= 0.6 is 11.8 Å². The van der Waals surface area contributed by atoms with Gasteiger partial charge in [-0.15, -0.1) is 11.8 Å². The third kappa shape index (κ3) is 4.40. The first-order valence-corrected chi connectivity index (χ1v) is 12.1. The first-order chi connectivity index (χ1) is 14.4. The van der Waals surface area contributed by atoms with Gasteiger partial charge in [0.2, 0.25) is 0 Å². The number of nitrogens with zero attached hydrogens (tertiary/aromatic N) is 4. The second-order valence-corrected chi connectivity index (χ2v) is 9.22. The molecule has 0 saturated carbocycles. The molecule has 3 rings (SSSR count). The fourth-order valence-corrected chi connectivity index (χ4v) is 4.27. The lowest BCUT2D eigenvalue weighted by Gasteiger charge is -2.11. The average molecular weight is 437 g/mol. The first kappa shape index (κ1) is 22.0. The van der Waals surface area contributed by atoms with Crippen LogP contribution in [0.4, 0.5) is 0 Å². The highest BCUT2D eigenvalue weighted by molar-refractivity contribution is 8.05. The van der Waals surface area contributed by atoms with Crippen LogP contribution < -0.4 is 0 Å². The van der Waals surface area contributed by atoms with Crippen LogP contribution in [0.5, 0.6) is 0 Å². The van der Waals surface area contributed by atoms with Crippen LogP contribution in [-0.2, 0) is 10.8 Å². The van der Waals surface area contributed by atoms with E-state index < -0.39 is 10.8 Å². The molecule has 0 spiro atoms. The minimum absolute atomic E-state index is 0.539. The minimum atomic E-state index is -1.11. The summed E-state index contributed by atoms with van der Waals surface area (Å²) in [6, 6.07) is 7.95. The second kappa shape index (κ2) is 9.41. The minimum Gasteiger partial charge on any atom is -0.295 e. The van der Waals surface area contributed by atoms with Gasteiger partial charge in [-0.1, -0.05) is 12.5 Å². The number of hydrogen-bond acceptors (Lipinski definition) is 5. The number of hydrogen-bond donors (Lipinski definition) is 0. The van der Waals surface area contributed by atoms with Gasteiger partial charge in [-0.05, 0) is 61.8 Å². The van der Waals surface area contributed by atoms with Crippen LogP contribution in [0.25, 0.3) is 28.1 Å². The highest BCUT2D eigenvalue weighted by Crippen LogP contribution is 2.35. The molecule has 154 valence electrons. The molecule has 0 bridgehead atoms. The molecule has 3 aromatic heterocycles. The van der Waals surface area contributed by atoms with E-state index in [1.165, 1.54) is 5.57 Å². The molecule has 0 aliphatic carbocycles. The van der Waals surface area contributed by atoms with E-state index in [1.807, 2.05) is 36.7 Å². The number of aryl methyl sites for hydroxylation is 1. The standard InChI is InChI=1S/C23H24N4OS2/c1-6-15(2)13-29-14-17(4)27-22(21-8-7-18(12-25-21)30(5)28)20(10-24)19-9-16(3)11-26-23(19)27/h7-9,11-14H,6H2,1-5H3. The quantitative estimate of drug-likeness (QED) is 0.482. The van der Waals surface area contributed by atoms with Crippen molar-refractivity contribution in [1.82, 2.24) is 14.5 Å². The monoisotopic (exact) mass is 436 g/mol. The molecule has 0 saturated heterocycles. The summed E-state index contributed by atoms with van der Waals surface area (Å²) in [6.45, 7) is 8.20. The molecular formula is C23H24N4OS2. The van der Waals surface area contributed by atoms with Crippen LogP contribution in [0, 0.1) is 18.3 Å². The second-order valence-electron chi connectivity index (χ2n) is 7.10. The fraction of sp³-hybridized carbons (Fsp3) is 0.261. The third-order valence-electron chi connectivity index (χ3n) is 4.79. The molecule has 5 nitrogen and oxygen atoms in total. The van der Waals surface area contributed by atoms with Crippen LogP contribution in [0.15, 0.2) is 51.9 Å². The largest absolute Gasteiger partial charge is 0.295 e. The molecule has 0 N–H and O–H groups in total. The van der Waals surface area contributed by atoms with Crippen LogP contribution in [0.1, 0.15) is 38.3 Å². The smallest absolute Gasteiger partial charge is 0.146 e. The highest BCUT2D eigenvalue weighted by atomic mass is 32.2. The SMILES string of the molecule is CCC(C)=CSC=C(C)n1c(-c2ccc(S(C)=O)cn2)c(C#N)c2cc(C)cnc21. The highest BCUT2D eigenvalue weighted by Gasteiger charge is 2.22. The van der Waals surface area contributed by atoms with E-state index in [1.54, 1.807) is 30.3 Å². The molecule has 7 heteroatoms. The van der Waals surface area contributed by atoms with Crippen molar-refractivity contribution in [3.8, 4) is 17.5 Å². The van der Waals surface area contributed by atoms with Gasteiger partial charge < -0.3 is 0 Å². The van der Waals surface area contributed by atoms with Crippen LogP contribution in [-0.4, -0.2) is 25.0 Å². The summed E-state index contributed by atoms with van der Waals surface area (Å²) in [5, 5.41) is 15.0. The molecule has 0 radical (unpaired) electrons. The molecule has 1 unspecified atom stereocenters. The van der Waals surface area contributed by atoms with Crippen LogP contribution in [0.3, 0.4) is 0 Å². The maximum absolute atomic E-state index is 11.8. The van der Waals surface area contributed by atoms with Gasteiger partial charge in [0, 0.05) is 29.7 Å². The van der Waals surface area contributed by atoms with Gasteiger partial charge in [-0.2, -0.15) is 5.26 Å². The maximum atomic E-state index is 11.8. The van der Waals surface area contributed by atoms with E-state index in [0.717, 1.165) is 28.7 Å².